The van der Waals surface area contributed by atoms with Crippen LogP contribution in [0.2, 0.25) is 0 Å². The summed E-state index contributed by atoms with van der Waals surface area (Å²) in [5.41, 5.74) is -2.86. The number of fused-ring (bicyclic) bond motifs is 1. The Labute approximate surface area is 133 Å². The predicted molar refractivity (Wildman–Crippen MR) is 65.2 cm³/mol. The van der Waals surface area contributed by atoms with Crippen LogP contribution < -0.4 is 4.74 Å². The van der Waals surface area contributed by atoms with Crippen LogP contribution in [0, 0.1) is 0 Å². The van der Waals surface area contributed by atoms with Gasteiger partial charge in [-0.15, -0.1) is 8.78 Å². The minimum Gasteiger partial charge on any atom is -0.606 e. The molecule has 1 aliphatic carbocycles. The summed E-state index contributed by atoms with van der Waals surface area (Å²) in [6.45, 7) is 0. The van der Waals surface area contributed by atoms with Crippen LogP contribution in [0.3, 0.4) is 0 Å². The molecule has 1 saturated carbocycles. The van der Waals surface area contributed by atoms with Gasteiger partial charge in [0.1, 0.15) is 17.4 Å². The fraction of sp³-hybridized carbons (Fsp3) is 0.538. The van der Waals surface area contributed by atoms with E-state index in [-0.39, 0.29) is 0 Å². The highest BCUT2D eigenvalue weighted by Crippen LogP contribution is 2.59. The highest BCUT2D eigenvalue weighted by molar-refractivity contribution is 7.93. The Balaban J connectivity index is 2.05. The molecule has 0 aromatic heterocycles. The molecule has 1 unspecified atom stereocenters. The van der Waals surface area contributed by atoms with Gasteiger partial charge in [0.25, 0.3) is 12.3 Å². The van der Waals surface area contributed by atoms with Gasteiger partial charge >= 0.3 is 11.2 Å². The van der Waals surface area contributed by atoms with Crippen LogP contribution in [0.1, 0.15) is 30.4 Å². The molecule has 1 heterocycles. The molecule has 1 aromatic carbocycles. The van der Waals surface area contributed by atoms with Crippen molar-refractivity contribution >= 4 is 11.2 Å². The van der Waals surface area contributed by atoms with E-state index in [1.807, 2.05) is 0 Å². The molecule has 0 N–H and O–H groups in total. The highest BCUT2D eigenvalue weighted by Gasteiger charge is 2.75. The zero-order chi connectivity index (χ0) is 18.1. The van der Waals surface area contributed by atoms with Crippen molar-refractivity contribution in [2.75, 3.05) is 0 Å². The van der Waals surface area contributed by atoms with E-state index in [4.69, 9.17) is 4.74 Å². The summed E-state index contributed by atoms with van der Waals surface area (Å²) in [6.07, 6.45) is -6.26. The third-order valence-corrected chi connectivity index (χ3v) is 5.38. The van der Waals surface area contributed by atoms with Gasteiger partial charge in [0.15, 0.2) is 4.90 Å². The van der Waals surface area contributed by atoms with Crippen LogP contribution in [0.15, 0.2) is 17.0 Å². The lowest BCUT2D eigenvalue weighted by Crippen LogP contribution is -2.43. The van der Waals surface area contributed by atoms with Crippen LogP contribution in [0.5, 0.6) is 5.75 Å². The van der Waals surface area contributed by atoms with Gasteiger partial charge in [0, 0.05) is 12.8 Å². The molecule has 134 valence electrons. The Morgan fingerprint density at radius 1 is 1.08 bits per heavy atom. The second kappa shape index (κ2) is 5.13. The Morgan fingerprint density at radius 3 is 2.17 bits per heavy atom. The number of hydrogen-bond acceptors (Lipinski definition) is 2. The number of rotatable bonds is 3. The molecule has 0 bridgehead atoms. The lowest BCUT2D eigenvalue weighted by molar-refractivity contribution is -0.158. The minimum absolute atomic E-state index is 0.409. The molecule has 24 heavy (non-hydrogen) atoms. The number of alkyl halides is 8. The molecule has 2 aliphatic rings. The molecule has 11 heteroatoms. The summed E-state index contributed by atoms with van der Waals surface area (Å²) in [7, 11) is 0. The van der Waals surface area contributed by atoms with E-state index >= 15 is 0 Å². The van der Waals surface area contributed by atoms with Gasteiger partial charge in [0.2, 0.25) is 0 Å². The van der Waals surface area contributed by atoms with Crippen molar-refractivity contribution < 1.29 is 44.4 Å². The fourth-order valence-corrected chi connectivity index (χ4v) is 3.99. The molecule has 1 aromatic rings. The van der Waals surface area contributed by atoms with Crippen LogP contribution in [-0.4, -0.2) is 21.8 Å². The quantitative estimate of drug-likeness (QED) is 0.567. The second-order valence-electron chi connectivity index (χ2n) is 5.52. The van der Waals surface area contributed by atoms with Crippen molar-refractivity contribution in [2.24, 2.45) is 0 Å². The molecule has 1 atom stereocenters. The van der Waals surface area contributed by atoms with Crippen molar-refractivity contribution in [2.45, 2.75) is 47.4 Å². The van der Waals surface area contributed by atoms with Gasteiger partial charge in [0.05, 0.1) is 16.7 Å². The van der Waals surface area contributed by atoms with E-state index in [2.05, 4.69) is 0 Å². The van der Waals surface area contributed by atoms with Gasteiger partial charge in [-0.2, -0.15) is 8.78 Å². The molecule has 1 fully saturated rings. The first-order chi connectivity index (χ1) is 10.9. The number of hydrogen-bond donors (Lipinski definition) is 0. The van der Waals surface area contributed by atoms with Gasteiger partial charge in [-0.25, -0.2) is 17.6 Å². The van der Waals surface area contributed by atoms with Crippen molar-refractivity contribution in [1.29, 1.82) is 0 Å². The van der Waals surface area contributed by atoms with Gasteiger partial charge < -0.3 is 9.29 Å². The number of ether oxygens (including phenoxy) is 1. The molecule has 0 saturated heterocycles. The standard InChI is InChI=1S/C13H8F8O2S/c14-10(15)8-7(23-5-3-11(16,17)4-5)2-1-6-9(8)24(22)13(20,21)12(6,18)19/h1-2,5,10H,3-4H2. The molecule has 0 amide bonds. The SMILES string of the molecule is [O-][S+]1c2c(ccc(OC3CC(F)(F)C3)c2C(F)F)C(F)(F)C1(F)F. The highest BCUT2D eigenvalue weighted by atomic mass is 32.2. The topological polar surface area (TPSA) is 32.3 Å². The number of benzene rings is 1. The normalized spacial score (nSPS) is 27.0. The summed E-state index contributed by atoms with van der Waals surface area (Å²) < 4.78 is 123. The summed E-state index contributed by atoms with van der Waals surface area (Å²) in [5, 5.41) is -5.05. The summed E-state index contributed by atoms with van der Waals surface area (Å²) >= 11 is -3.73. The second-order valence-corrected chi connectivity index (χ2v) is 6.98. The predicted octanol–water partition coefficient (Wildman–Crippen LogP) is 4.61. The zero-order valence-corrected chi connectivity index (χ0v) is 12.3. The van der Waals surface area contributed by atoms with E-state index in [0.29, 0.717) is 12.1 Å². The lowest BCUT2D eigenvalue weighted by Gasteiger charge is -2.35. The van der Waals surface area contributed by atoms with Crippen LogP contribution in [0.4, 0.5) is 35.1 Å². The maximum Gasteiger partial charge on any atom is 0.481 e. The Bertz CT molecular complexity index is 670. The Morgan fingerprint density at radius 2 is 1.67 bits per heavy atom. The zero-order valence-electron chi connectivity index (χ0n) is 11.5. The first-order valence-electron chi connectivity index (χ1n) is 6.56. The monoisotopic (exact) mass is 380 g/mol. The first kappa shape index (κ1) is 17.6. The van der Waals surface area contributed by atoms with E-state index in [9.17, 15) is 39.7 Å². The minimum atomic E-state index is -5.05. The van der Waals surface area contributed by atoms with Gasteiger partial charge in [-0.1, -0.05) is 0 Å². The molecule has 1 aliphatic heterocycles. The summed E-state index contributed by atoms with van der Waals surface area (Å²) in [6, 6.07) is 0.996. The smallest absolute Gasteiger partial charge is 0.481 e. The molecule has 3 rings (SSSR count). The average Bonchev–Trinajstić information content (AvgIpc) is 2.55. The van der Waals surface area contributed by atoms with E-state index < -0.39 is 75.4 Å². The van der Waals surface area contributed by atoms with Crippen molar-refractivity contribution in [3.8, 4) is 5.75 Å². The molecular weight excluding hydrogens is 372 g/mol. The third kappa shape index (κ3) is 2.35. The maximum atomic E-state index is 13.7. The first-order valence-corrected chi connectivity index (χ1v) is 7.71. The Hall–Kier alpha value is -1.23. The van der Waals surface area contributed by atoms with E-state index in [1.165, 1.54) is 0 Å². The van der Waals surface area contributed by atoms with Crippen LogP contribution in [-0.2, 0) is 17.1 Å². The Kier molecular flexibility index (Phi) is 3.76. The molecule has 0 spiro atoms. The van der Waals surface area contributed by atoms with Gasteiger partial charge in [-0.3, -0.25) is 0 Å². The van der Waals surface area contributed by atoms with Crippen molar-refractivity contribution in [3.63, 3.8) is 0 Å². The average molecular weight is 380 g/mol. The van der Waals surface area contributed by atoms with E-state index in [1.54, 1.807) is 0 Å². The molecular formula is C13H8F8O2S. The summed E-state index contributed by atoms with van der Waals surface area (Å²) in [4.78, 5) is -1.40. The van der Waals surface area contributed by atoms with Crippen molar-refractivity contribution in [1.82, 2.24) is 0 Å². The van der Waals surface area contributed by atoms with Crippen molar-refractivity contribution in [3.05, 3.63) is 23.3 Å². The van der Waals surface area contributed by atoms with Crippen LogP contribution in [0.25, 0.3) is 0 Å². The maximum absolute atomic E-state index is 13.7. The van der Waals surface area contributed by atoms with E-state index in [0.717, 1.165) is 0 Å². The largest absolute Gasteiger partial charge is 0.606 e. The summed E-state index contributed by atoms with van der Waals surface area (Å²) in [5.74, 6) is -8.72. The molecule has 0 radical (unpaired) electrons. The number of halogens is 8. The molecule has 2 nitrogen and oxygen atoms in total. The fourth-order valence-electron chi connectivity index (χ4n) is 2.61. The van der Waals surface area contributed by atoms with Crippen LogP contribution >= 0.6 is 0 Å². The third-order valence-electron chi connectivity index (χ3n) is 3.84. The lowest BCUT2D eigenvalue weighted by atomic mass is 9.91. The van der Waals surface area contributed by atoms with Gasteiger partial charge in [-0.05, 0) is 12.1 Å².